The minimum Gasteiger partial charge on any atom is -0.370 e. The van der Waals surface area contributed by atoms with Gasteiger partial charge < -0.3 is 9.80 Å². The number of hydrogen-bond donors (Lipinski definition) is 0. The van der Waals surface area contributed by atoms with E-state index in [-0.39, 0.29) is 0 Å². The van der Waals surface area contributed by atoms with E-state index in [2.05, 4.69) is 62.2 Å². The van der Waals surface area contributed by atoms with E-state index in [4.69, 9.17) is 0 Å². The number of rotatable bonds is 2. The first-order valence-electron chi connectivity index (χ1n) is 4.99. The third kappa shape index (κ3) is 2.79. The smallest absolute Gasteiger partial charge is 0.0374 e. The van der Waals surface area contributed by atoms with Gasteiger partial charge in [0.2, 0.25) is 0 Å². The van der Waals surface area contributed by atoms with Crippen LogP contribution in [-0.2, 0) is 0 Å². The Balaban J connectivity index is 2.64. The lowest BCUT2D eigenvalue weighted by Gasteiger charge is -2.22. The Labute approximate surface area is 81.5 Å². The SMILES string of the molecule is CC(C)N1C=CCN(C(C)C)C=C1. The van der Waals surface area contributed by atoms with Crippen molar-refractivity contribution in [3.05, 3.63) is 24.7 Å². The summed E-state index contributed by atoms with van der Waals surface area (Å²) in [6, 6.07) is 1.12. The Morgan fingerprint density at radius 3 is 2.15 bits per heavy atom. The van der Waals surface area contributed by atoms with Crippen LogP contribution in [0.2, 0.25) is 0 Å². The maximum Gasteiger partial charge on any atom is 0.0374 e. The fourth-order valence-corrected chi connectivity index (χ4v) is 1.29. The van der Waals surface area contributed by atoms with Crippen LogP contribution in [0.5, 0.6) is 0 Å². The first kappa shape index (κ1) is 10.2. The van der Waals surface area contributed by atoms with Gasteiger partial charge in [0.05, 0.1) is 0 Å². The molecule has 0 amide bonds. The molecule has 74 valence electrons. The molecule has 0 saturated heterocycles. The zero-order chi connectivity index (χ0) is 9.84. The van der Waals surface area contributed by atoms with Crippen molar-refractivity contribution in [2.24, 2.45) is 0 Å². The van der Waals surface area contributed by atoms with Crippen LogP contribution in [0.15, 0.2) is 24.7 Å². The molecule has 0 aliphatic carbocycles. The van der Waals surface area contributed by atoms with Crippen LogP contribution < -0.4 is 0 Å². The second-order valence-electron chi connectivity index (χ2n) is 4.01. The highest BCUT2D eigenvalue weighted by molar-refractivity contribution is 5.00. The summed E-state index contributed by atoms with van der Waals surface area (Å²) in [6.07, 6.45) is 8.68. The summed E-state index contributed by atoms with van der Waals surface area (Å²) in [6.45, 7) is 9.82. The topological polar surface area (TPSA) is 6.48 Å². The van der Waals surface area contributed by atoms with Crippen molar-refractivity contribution in [2.75, 3.05) is 6.54 Å². The lowest BCUT2D eigenvalue weighted by atomic mass is 10.3. The molecule has 2 nitrogen and oxygen atoms in total. The van der Waals surface area contributed by atoms with E-state index in [9.17, 15) is 0 Å². The van der Waals surface area contributed by atoms with Gasteiger partial charge in [-0.25, -0.2) is 0 Å². The van der Waals surface area contributed by atoms with Crippen LogP contribution in [0.3, 0.4) is 0 Å². The molecule has 0 aromatic heterocycles. The highest BCUT2D eigenvalue weighted by Crippen LogP contribution is 2.08. The van der Waals surface area contributed by atoms with Crippen LogP contribution in [-0.4, -0.2) is 28.4 Å². The van der Waals surface area contributed by atoms with E-state index < -0.39 is 0 Å². The molecule has 1 aliphatic rings. The third-order valence-electron chi connectivity index (χ3n) is 2.28. The standard InChI is InChI=1S/C11H20N2/c1-10(2)12-6-5-7-13(9-8-12)11(3)4/h5-6,8-11H,7H2,1-4H3. The molecule has 0 saturated carbocycles. The fraction of sp³-hybridized carbons (Fsp3) is 0.636. The normalized spacial score (nSPS) is 17.4. The summed E-state index contributed by atoms with van der Waals surface area (Å²) in [5.74, 6) is 0. The van der Waals surface area contributed by atoms with Crippen LogP contribution in [0.4, 0.5) is 0 Å². The van der Waals surface area contributed by atoms with Gasteiger partial charge in [-0.15, -0.1) is 0 Å². The molecule has 0 unspecified atom stereocenters. The zero-order valence-corrected chi connectivity index (χ0v) is 9.07. The summed E-state index contributed by atoms with van der Waals surface area (Å²) in [4.78, 5) is 4.54. The molecule has 0 bridgehead atoms. The van der Waals surface area contributed by atoms with Crippen molar-refractivity contribution in [2.45, 2.75) is 39.8 Å². The molecule has 0 aromatic carbocycles. The molecular formula is C11H20N2. The zero-order valence-electron chi connectivity index (χ0n) is 9.07. The molecule has 0 fully saturated rings. The molecule has 1 aliphatic heterocycles. The van der Waals surface area contributed by atoms with Gasteiger partial charge >= 0.3 is 0 Å². The molecular weight excluding hydrogens is 160 g/mol. The Morgan fingerprint density at radius 2 is 1.62 bits per heavy atom. The maximum absolute atomic E-state index is 2.32. The van der Waals surface area contributed by atoms with Gasteiger partial charge in [0.15, 0.2) is 0 Å². The molecule has 0 radical (unpaired) electrons. The van der Waals surface area contributed by atoms with Gasteiger partial charge in [-0.1, -0.05) is 0 Å². The monoisotopic (exact) mass is 180 g/mol. The van der Waals surface area contributed by atoms with Crippen molar-refractivity contribution < 1.29 is 0 Å². The first-order valence-corrected chi connectivity index (χ1v) is 4.99. The Kier molecular flexibility index (Phi) is 3.40. The summed E-state index contributed by atoms with van der Waals surface area (Å²) in [5, 5.41) is 0. The number of hydrogen-bond acceptors (Lipinski definition) is 2. The summed E-state index contributed by atoms with van der Waals surface area (Å²) >= 11 is 0. The van der Waals surface area contributed by atoms with Gasteiger partial charge in [0.1, 0.15) is 0 Å². The van der Waals surface area contributed by atoms with Crippen LogP contribution in [0, 0.1) is 0 Å². The minimum atomic E-state index is 0.541. The van der Waals surface area contributed by atoms with Crippen LogP contribution in [0.1, 0.15) is 27.7 Å². The van der Waals surface area contributed by atoms with E-state index in [1.54, 1.807) is 0 Å². The van der Waals surface area contributed by atoms with E-state index in [1.807, 2.05) is 0 Å². The van der Waals surface area contributed by atoms with Crippen LogP contribution in [0.25, 0.3) is 0 Å². The van der Waals surface area contributed by atoms with Gasteiger partial charge in [-0.3, -0.25) is 0 Å². The molecule has 13 heavy (non-hydrogen) atoms. The number of nitrogens with zero attached hydrogens (tertiary/aromatic N) is 2. The summed E-state index contributed by atoms with van der Waals surface area (Å²) in [5.41, 5.74) is 0. The Bertz CT molecular complexity index is 204. The average molecular weight is 180 g/mol. The summed E-state index contributed by atoms with van der Waals surface area (Å²) in [7, 11) is 0. The predicted molar refractivity (Wildman–Crippen MR) is 57.1 cm³/mol. The maximum atomic E-state index is 2.32. The van der Waals surface area contributed by atoms with E-state index >= 15 is 0 Å². The molecule has 1 rings (SSSR count). The fourth-order valence-electron chi connectivity index (χ4n) is 1.29. The minimum absolute atomic E-state index is 0.541. The predicted octanol–water partition coefficient (Wildman–Crippen LogP) is 2.41. The van der Waals surface area contributed by atoms with Crippen molar-refractivity contribution in [3.63, 3.8) is 0 Å². The third-order valence-corrected chi connectivity index (χ3v) is 2.28. The van der Waals surface area contributed by atoms with Crippen molar-refractivity contribution in [3.8, 4) is 0 Å². The Hall–Kier alpha value is -0.920. The second-order valence-corrected chi connectivity index (χ2v) is 4.01. The largest absolute Gasteiger partial charge is 0.370 e. The van der Waals surface area contributed by atoms with Crippen LogP contribution >= 0.6 is 0 Å². The molecule has 0 atom stereocenters. The molecule has 0 aromatic rings. The van der Waals surface area contributed by atoms with E-state index in [1.165, 1.54) is 0 Å². The quantitative estimate of drug-likeness (QED) is 0.644. The molecule has 0 spiro atoms. The van der Waals surface area contributed by atoms with Crippen molar-refractivity contribution in [1.82, 2.24) is 9.80 Å². The van der Waals surface area contributed by atoms with Gasteiger partial charge in [0.25, 0.3) is 0 Å². The molecule has 2 heteroatoms. The van der Waals surface area contributed by atoms with Crippen molar-refractivity contribution >= 4 is 0 Å². The first-order chi connectivity index (χ1) is 6.11. The lowest BCUT2D eigenvalue weighted by molar-refractivity contribution is 0.339. The lowest BCUT2D eigenvalue weighted by Crippen LogP contribution is -2.25. The highest BCUT2D eigenvalue weighted by atomic mass is 15.2. The average Bonchev–Trinajstić information content (AvgIpc) is 2.27. The Morgan fingerprint density at radius 1 is 0.923 bits per heavy atom. The van der Waals surface area contributed by atoms with Gasteiger partial charge in [-0.2, -0.15) is 0 Å². The molecule has 1 heterocycles. The summed E-state index contributed by atoms with van der Waals surface area (Å²) < 4.78 is 0. The second kappa shape index (κ2) is 4.35. The van der Waals surface area contributed by atoms with E-state index in [0.29, 0.717) is 12.1 Å². The van der Waals surface area contributed by atoms with Gasteiger partial charge in [-0.05, 0) is 33.8 Å². The molecule has 0 N–H and O–H groups in total. The van der Waals surface area contributed by atoms with E-state index in [0.717, 1.165) is 6.54 Å². The highest BCUT2D eigenvalue weighted by Gasteiger charge is 2.07. The van der Waals surface area contributed by atoms with Crippen molar-refractivity contribution in [1.29, 1.82) is 0 Å². The van der Waals surface area contributed by atoms with Gasteiger partial charge in [0, 0.05) is 37.2 Å².